The van der Waals surface area contributed by atoms with E-state index >= 15 is 0 Å². The minimum Gasteiger partial charge on any atom is -0.300 e. The van der Waals surface area contributed by atoms with E-state index < -0.39 is 0 Å². The van der Waals surface area contributed by atoms with Gasteiger partial charge in [0.05, 0.1) is 0 Å². The van der Waals surface area contributed by atoms with Gasteiger partial charge in [-0.15, -0.1) is 0 Å². The molecule has 3 fully saturated rings. The number of nitrogens with zero attached hydrogens (tertiary/aromatic N) is 1. The van der Waals surface area contributed by atoms with Gasteiger partial charge in [-0.2, -0.15) is 0 Å². The molecule has 16 heavy (non-hydrogen) atoms. The van der Waals surface area contributed by atoms with Crippen molar-refractivity contribution in [1.29, 1.82) is 0 Å². The first kappa shape index (κ1) is 11.5. The number of fused-ring (bicyclic) bond motifs is 2. The molecule has 2 atom stereocenters. The molecule has 0 spiro atoms. The molecule has 3 rings (SSSR count). The Labute approximate surface area is 108 Å². The summed E-state index contributed by atoms with van der Waals surface area (Å²) in [5.41, 5.74) is 0.628. The van der Waals surface area contributed by atoms with Crippen molar-refractivity contribution in [3.8, 4) is 0 Å². The lowest BCUT2D eigenvalue weighted by Gasteiger charge is -2.41. The maximum atomic E-state index is 3.80. The lowest BCUT2D eigenvalue weighted by molar-refractivity contribution is 0.103. The number of piperidine rings is 1. The highest BCUT2D eigenvalue weighted by molar-refractivity contribution is 9.09. The molecule has 0 amide bonds. The van der Waals surface area contributed by atoms with Gasteiger partial charge >= 0.3 is 0 Å². The van der Waals surface area contributed by atoms with Gasteiger partial charge in [0.25, 0.3) is 0 Å². The van der Waals surface area contributed by atoms with Gasteiger partial charge in [0.1, 0.15) is 0 Å². The Bertz CT molecular complexity index is 247. The zero-order valence-corrected chi connectivity index (χ0v) is 11.8. The standard InChI is InChI=1S/C14H24BrN/c15-10-14(6-2-1-3-7-14)11-16-9-12-4-5-13(16)8-12/h12-13H,1-11H2. The minimum absolute atomic E-state index is 0.628. The Balaban J connectivity index is 1.63. The molecular formula is C14H24BrN. The van der Waals surface area contributed by atoms with Crippen molar-refractivity contribution in [3.05, 3.63) is 0 Å². The third-order valence-electron chi connectivity index (χ3n) is 5.26. The summed E-state index contributed by atoms with van der Waals surface area (Å²) in [5.74, 6) is 1.06. The van der Waals surface area contributed by atoms with Crippen LogP contribution in [-0.4, -0.2) is 29.4 Å². The molecule has 1 heterocycles. The van der Waals surface area contributed by atoms with E-state index in [2.05, 4.69) is 20.8 Å². The molecule has 1 aliphatic heterocycles. The van der Waals surface area contributed by atoms with Crippen molar-refractivity contribution in [1.82, 2.24) is 4.90 Å². The normalized spacial score (nSPS) is 38.1. The van der Waals surface area contributed by atoms with Gasteiger partial charge in [-0.3, -0.25) is 4.90 Å². The van der Waals surface area contributed by atoms with Crippen molar-refractivity contribution >= 4 is 15.9 Å². The fourth-order valence-electron chi connectivity index (χ4n) is 4.29. The van der Waals surface area contributed by atoms with Gasteiger partial charge in [0.15, 0.2) is 0 Å². The van der Waals surface area contributed by atoms with Gasteiger partial charge in [-0.05, 0) is 43.4 Å². The van der Waals surface area contributed by atoms with Crippen LogP contribution in [-0.2, 0) is 0 Å². The van der Waals surface area contributed by atoms with Crippen molar-refractivity contribution < 1.29 is 0 Å². The Hall–Kier alpha value is 0.440. The molecule has 2 saturated carbocycles. The number of halogens is 1. The first-order valence-electron chi connectivity index (χ1n) is 7.11. The van der Waals surface area contributed by atoms with Crippen molar-refractivity contribution in [2.24, 2.45) is 11.3 Å². The molecule has 0 aromatic heterocycles. The van der Waals surface area contributed by atoms with E-state index in [1.807, 2.05) is 0 Å². The second kappa shape index (κ2) is 4.61. The summed E-state index contributed by atoms with van der Waals surface area (Å²) in [6, 6.07) is 0.961. The molecule has 92 valence electrons. The van der Waals surface area contributed by atoms with Crippen LogP contribution in [0.1, 0.15) is 51.4 Å². The molecule has 3 aliphatic rings. The number of likely N-dealkylation sites (tertiary alicyclic amines) is 1. The maximum absolute atomic E-state index is 3.80. The van der Waals surface area contributed by atoms with Gasteiger partial charge in [0, 0.05) is 24.5 Å². The van der Waals surface area contributed by atoms with E-state index in [1.54, 1.807) is 0 Å². The summed E-state index contributed by atoms with van der Waals surface area (Å²) in [6.07, 6.45) is 11.9. The van der Waals surface area contributed by atoms with Crippen LogP contribution in [0, 0.1) is 11.3 Å². The first-order chi connectivity index (χ1) is 7.81. The van der Waals surface area contributed by atoms with Crippen LogP contribution in [0.25, 0.3) is 0 Å². The summed E-state index contributed by atoms with van der Waals surface area (Å²) < 4.78 is 0. The molecule has 2 heteroatoms. The Morgan fingerprint density at radius 1 is 1.12 bits per heavy atom. The minimum atomic E-state index is 0.628. The molecule has 2 unspecified atom stereocenters. The predicted octanol–water partition coefficient (Wildman–Crippen LogP) is 3.82. The summed E-state index contributed by atoms with van der Waals surface area (Å²) in [5, 5.41) is 1.23. The molecular weight excluding hydrogens is 262 g/mol. The molecule has 2 aliphatic carbocycles. The van der Waals surface area contributed by atoms with Crippen LogP contribution < -0.4 is 0 Å². The van der Waals surface area contributed by atoms with E-state index in [0.717, 1.165) is 12.0 Å². The number of alkyl halides is 1. The summed E-state index contributed by atoms with van der Waals surface area (Å²) in [6.45, 7) is 2.80. The second-order valence-electron chi connectivity index (χ2n) is 6.46. The van der Waals surface area contributed by atoms with Crippen molar-refractivity contribution in [2.75, 3.05) is 18.4 Å². The average molecular weight is 286 g/mol. The van der Waals surface area contributed by atoms with Gasteiger partial charge in [-0.25, -0.2) is 0 Å². The summed E-state index contributed by atoms with van der Waals surface area (Å²) in [4.78, 5) is 2.83. The predicted molar refractivity (Wildman–Crippen MR) is 72.0 cm³/mol. The quantitative estimate of drug-likeness (QED) is 0.713. The Morgan fingerprint density at radius 3 is 2.50 bits per heavy atom. The van der Waals surface area contributed by atoms with Crippen LogP contribution >= 0.6 is 15.9 Å². The largest absolute Gasteiger partial charge is 0.300 e. The van der Waals surface area contributed by atoms with Crippen LogP contribution in [0.5, 0.6) is 0 Å². The SMILES string of the molecule is BrCC1(CN2CC3CCC2C3)CCCCC1. The van der Waals surface area contributed by atoms with Crippen LogP contribution in [0.15, 0.2) is 0 Å². The zero-order chi connectivity index (χ0) is 11.0. The number of rotatable bonds is 3. The molecule has 2 bridgehead atoms. The van der Waals surface area contributed by atoms with Gasteiger partial charge < -0.3 is 0 Å². The highest BCUT2D eigenvalue weighted by Crippen LogP contribution is 2.43. The first-order valence-corrected chi connectivity index (χ1v) is 8.23. The lowest BCUT2D eigenvalue weighted by Crippen LogP contribution is -2.43. The molecule has 0 aromatic rings. The number of hydrogen-bond donors (Lipinski definition) is 0. The van der Waals surface area contributed by atoms with Gasteiger partial charge in [0.2, 0.25) is 0 Å². The topological polar surface area (TPSA) is 3.24 Å². The second-order valence-corrected chi connectivity index (χ2v) is 7.02. The van der Waals surface area contributed by atoms with Crippen molar-refractivity contribution in [2.45, 2.75) is 57.4 Å². The highest BCUT2D eigenvalue weighted by atomic mass is 79.9. The van der Waals surface area contributed by atoms with Gasteiger partial charge in [-0.1, -0.05) is 35.2 Å². The zero-order valence-electron chi connectivity index (χ0n) is 10.3. The maximum Gasteiger partial charge on any atom is 0.0100 e. The molecule has 0 aromatic carbocycles. The lowest BCUT2D eigenvalue weighted by atomic mass is 9.75. The van der Waals surface area contributed by atoms with E-state index in [0.29, 0.717) is 5.41 Å². The highest BCUT2D eigenvalue weighted by Gasteiger charge is 2.42. The molecule has 1 saturated heterocycles. The van der Waals surface area contributed by atoms with Crippen LogP contribution in [0.4, 0.5) is 0 Å². The smallest absolute Gasteiger partial charge is 0.0100 e. The molecule has 1 nitrogen and oxygen atoms in total. The van der Waals surface area contributed by atoms with E-state index in [1.165, 1.54) is 69.8 Å². The third-order valence-corrected chi connectivity index (χ3v) is 6.45. The van der Waals surface area contributed by atoms with E-state index in [-0.39, 0.29) is 0 Å². The Morgan fingerprint density at radius 2 is 1.94 bits per heavy atom. The van der Waals surface area contributed by atoms with Crippen LogP contribution in [0.2, 0.25) is 0 Å². The van der Waals surface area contributed by atoms with Crippen LogP contribution in [0.3, 0.4) is 0 Å². The summed E-state index contributed by atoms with van der Waals surface area (Å²) >= 11 is 3.80. The summed E-state index contributed by atoms with van der Waals surface area (Å²) in [7, 11) is 0. The van der Waals surface area contributed by atoms with E-state index in [4.69, 9.17) is 0 Å². The third kappa shape index (κ3) is 2.08. The monoisotopic (exact) mass is 285 g/mol. The number of hydrogen-bond acceptors (Lipinski definition) is 1. The Kier molecular flexibility index (Phi) is 3.32. The molecule has 0 N–H and O–H groups in total. The fourth-order valence-corrected chi connectivity index (χ4v) is 5.03. The van der Waals surface area contributed by atoms with E-state index in [9.17, 15) is 0 Å². The van der Waals surface area contributed by atoms with Crippen molar-refractivity contribution in [3.63, 3.8) is 0 Å². The average Bonchev–Trinajstić information content (AvgIpc) is 2.92. The fraction of sp³-hybridized carbons (Fsp3) is 1.00. The molecule has 0 radical (unpaired) electrons.